The summed E-state index contributed by atoms with van der Waals surface area (Å²) in [4.78, 5) is 14.5. The summed E-state index contributed by atoms with van der Waals surface area (Å²) in [5.74, 6) is 0.664. The van der Waals surface area contributed by atoms with Crippen LogP contribution < -0.4 is 4.74 Å². The highest BCUT2D eigenvalue weighted by Gasteiger charge is 2.33. The molecule has 1 fully saturated rings. The molecule has 138 valence electrons. The summed E-state index contributed by atoms with van der Waals surface area (Å²) in [6.07, 6.45) is -2.24. The van der Waals surface area contributed by atoms with Crippen molar-refractivity contribution in [1.82, 2.24) is 4.90 Å². The molecule has 0 unspecified atom stereocenters. The van der Waals surface area contributed by atoms with Gasteiger partial charge in [-0.25, -0.2) is 0 Å². The summed E-state index contributed by atoms with van der Waals surface area (Å²) in [6, 6.07) is 12.5. The molecule has 1 aliphatic rings. The Kier molecular flexibility index (Phi) is 5.20. The summed E-state index contributed by atoms with van der Waals surface area (Å²) in [7, 11) is 1.57. The topological polar surface area (TPSA) is 29.5 Å². The van der Waals surface area contributed by atoms with Crippen LogP contribution in [0.1, 0.15) is 29.5 Å². The number of benzene rings is 2. The Bertz CT molecular complexity index is 767. The zero-order valence-electron chi connectivity index (χ0n) is 14.4. The highest BCUT2D eigenvalue weighted by Crippen LogP contribution is 2.31. The molecule has 0 spiro atoms. The number of carbonyl (C=O) groups excluding carboxylic acids is 1. The Balaban J connectivity index is 1.70. The Hall–Kier alpha value is -2.50. The number of rotatable bonds is 6. The van der Waals surface area contributed by atoms with E-state index in [4.69, 9.17) is 4.74 Å². The molecule has 0 N–H and O–H groups in total. The van der Waals surface area contributed by atoms with E-state index >= 15 is 0 Å². The molecule has 0 aliphatic heterocycles. The van der Waals surface area contributed by atoms with Gasteiger partial charge in [0.1, 0.15) is 5.75 Å². The van der Waals surface area contributed by atoms with Gasteiger partial charge in [0.2, 0.25) is 5.91 Å². The van der Waals surface area contributed by atoms with E-state index in [1.165, 1.54) is 12.1 Å². The number of ether oxygens (including phenoxy) is 1. The average Bonchev–Trinajstić information content (AvgIpc) is 3.44. The van der Waals surface area contributed by atoms with Crippen LogP contribution in [0.25, 0.3) is 0 Å². The third-order valence-corrected chi connectivity index (χ3v) is 4.43. The van der Waals surface area contributed by atoms with E-state index in [0.29, 0.717) is 17.9 Å². The normalized spacial score (nSPS) is 14.2. The fourth-order valence-corrected chi connectivity index (χ4v) is 2.86. The minimum absolute atomic E-state index is 0.0272. The highest BCUT2D eigenvalue weighted by molar-refractivity contribution is 5.79. The minimum Gasteiger partial charge on any atom is -0.497 e. The first-order valence-electron chi connectivity index (χ1n) is 8.45. The van der Waals surface area contributed by atoms with Crippen molar-refractivity contribution >= 4 is 5.91 Å². The van der Waals surface area contributed by atoms with Gasteiger partial charge in [-0.2, -0.15) is 13.2 Å². The first-order chi connectivity index (χ1) is 12.4. The van der Waals surface area contributed by atoms with Gasteiger partial charge in [-0.3, -0.25) is 4.79 Å². The minimum atomic E-state index is -4.35. The van der Waals surface area contributed by atoms with Crippen molar-refractivity contribution in [3.8, 4) is 5.75 Å². The van der Waals surface area contributed by atoms with Gasteiger partial charge >= 0.3 is 6.18 Å². The van der Waals surface area contributed by atoms with Gasteiger partial charge in [-0.1, -0.05) is 24.3 Å². The first-order valence-corrected chi connectivity index (χ1v) is 8.45. The standard InChI is InChI=1S/C20H20F3NO2/c1-26-18-4-2-3-15(11-18)12-19(25)24(17-9-10-17)13-14-5-7-16(8-6-14)20(21,22)23/h2-8,11,17H,9-10,12-13H2,1H3. The quantitative estimate of drug-likeness (QED) is 0.759. The molecule has 3 rings (SSSR count). The van der Waals surface area contributed by atoms with Crippen molar-refractivity contribution < 1.29 is 22.7 Å². The van der Waals surface area contributed by atoms with E-state index in [0.717, 1.165) is 30.5 Å². The number of hydrogen-bond acceptors (Lipinski definition) is 2. The molecule has 2 aromatic rings. The van der Waals surface area contributed by atoms with E-state index in [2.05, 4.69) is 0 Å². The molecule has 6 heteroatoms. The van der Waals surface area contributed by atoms with Gasteiger partial charge in [-0.15, -0.1) is 0 Å². The molecule has 3 nitrogen and oxygen atoms in total. The van der Waals surface area contributed by atoms with Gasteiger partial charge < -0.3 is 9.64 Å². The van der Waals surface area contributed by atoms with Crippen LogP contribution in [0.15, 0.2) is 48.5 Å². The number of hydrogen-bond donors (Lipinski definition) is 0. The molecule has 1 saturated carbocycles. The molecule has 0 heterocycles. The second-order valence-electron chi connectivity index (χ2n) is 6.48. The molecule has 0 saturated heterocycles. The van der Waals surface area contributed by atoms with Crippen molar-refractivity contribution in [2.45, 2.75) is 38.0 Å². The van der Waals surface area contributed by atoms with E-state index < -0.39 is 11.7 Å². The number of methoxy groups -OCH3 is 1. The largest absolute Gasteiger partial charge is 0.497 e. The van der Waals surface area contributed by atoms with Crippen LogP contribution in [-0.2, 0) is 23.9 Å². The van der Waals surface area contributed by atoms with Crippen molar-refractivity contribution in [3.63, 3.8) is 0 Å². The third kappa shape index (κ3) is 4.56. The van der Waals surface area contributed by atoms with E-state index in [-0.39, 0.29) is 18.4 Å². The smallest absolute Gasteiger partial charge is 0.416 e. The lowest BCUT2D eigenvalue weighted by Crippen LogP contribution is -2.33. The Morgan fingerprint density at radius 1 is 1.12 bits per heavy atom. The third-order valence-electron chi connectivity index (χ3n) is 4.43. The number of nitrogens with zero attached hydrogens (tertiary/aromatic N) is 1. The zero-order chi connectivity index (χ0) is 18.7. The molecule has 2 aromatic carbocycles. The van der Waals surface area contributed by atoms with Crippen LogP contribution in [-0.4, -0.2) is 24.0 Å². The lowest BCUT2D eigenvalue weighted by atomic mass is 10.1. The zero-order valence-corrected chi connectivity index (χ0v) is 14.4. The summed E-state index contributed by atoms with van der Waals surface area (Å²) < 4.78 is 43.2. The molecule has 0 aromatic heterocycles. The van der Waals surface area contributed by atoms with Gasteiger partial charge in [0.15, 0.2) is 0 Å². The number of alkyl halides is 3. The molecular formula is C20H20F3NO2. The van der Waals surface area contributed by atoms with Crippen LogP contribution >= 0.6 is 0 Å². The molecule has 1 aliphatic carbocycles. The van der Waals surface area contributed by atoms with Gasteiger partial charge in [0.25, 0.3) is 0 Å². The van der Waals surface area contributed by atoms with Crippen molar-refractivity contribution in [3.05, 3.63) is 65.2 Å². The second kappa shape index (κ2) is 7.40. The van der Waals surface area contributed by atoms with E-state index in [9.17, 15) is 18.0 Å². The molecule has 0 radical (unpaired) electrons. The monoisotopic (exact) mass is 363 g/mol. The summed E-state index contributed by atoms with van der Waals surface area (Å²) in [5, 5.41) is 0. The van der Waals surface area contributed by atoms with Gasteiger partial charge in [0.05, 0.1) is 19.1 Å². The molecule has 1 amide bonds. The van der Waals surface area contributed by atoms with E-state index in [1.54, 1.807) is 12.0 Å². The van der Waals surface area contributed by atoms with Crippen LogP contribution in [0.2, 0.25) is 0 Å². The molecule has 0 bridgehead atoms. The fraction of sp³-hybridized carbons (Fsp3) is 0.350. The summed E-state index contributed by atoms with van der Waals surface area (Å²) in [5.41, 5.74) is 0.873. The van der Waals surface area contributed by atoms with Crippen LogP contribution in [0.3, 0.4) is 0 Å². The van der Waals surface area contributed by atoms with Crippen molar-refractivity contribution in [2.75, 3.05) is 7.11 Å². The number of halogens is 3. The van der Waals surface area contributed by atoms with Crippen LogP contribution in [0.4, 0.5) is 13.2 Å². The van der Waals surface area contributed by atoms with E-state index in [1.807, 2.05) is 24.3 Å². The van der Waals surface area contributed by atoms with Gasteiger partial charge in [0, 0.05) is 12.6 Å². The predicted octanol–water partition coefficient (Wildman–Crippen LogP) is 4.45. The maximum absolute atomic E-state index is 12.7. The maximum Gasteiger partial charge on any atom is 0.416 e. The Morgan fingerprint density at radius 2 is 1.81 bits per heavy atom. The highest BCUT2D eigenvalue weighted by atomic mass is 19.4. The first kappa shape index (κ1) is 18.3. The van der Waals surface area contributed by atoms with Crippen molar-refractivity contribution in [2.24, 2.45) is 0 Å². The predicted molar refractivity (Wildman–Crippen MR) is 91.7 cm³/mol. The lowest BCUT2D eigenvalue weighted by Gasteiger charge is -2.23. The van der Waals surface area contributed by atoms with Crippen LogP contribution in [0, 0.1) is 0 Å². The molecule has 26 heavy (non-hydrogen) atoms. The summed E-state index contributed by atoms with van der Waals surface area (Å²) >= 11 is 0. The number of amides is 1. The van der Waals surface area contributed by atoms with Crippen LogP contribution in [0.5, 0.6) is 5.75 Å². The Labute approximate surface area is 150 Å². The lowest BCUT2D eigenvalue weighted by molar-refractivity contribution is -0.137. The SMILES string of the molecule is COc1cccc(CC(=O)N(Cc2ccc(C(F)(F)F)cc2)C2CC2)c1. The average molecular weight is 363 g/mol. The Morgan fingerprint density at radius 3 is 2.38 bits per heavy atom. The molecular weight excluding hydrogens is 343 g/mol. The second-order valence-corrected chi connectivity index (χ2v) is 6.48. The maximum atomic E-state index is 12.7. The van der Waals surface area contributed by atoms with Gasteiger partial charge in [-0.05, 0) is 48.2 Å². The van der Waals surface area contributed by atoms with Crippen molar-refractivity contribution in [1.29, 1.82) is 0 Å². The molecule has 0 atom stereocenters. The summed E-state index contributed by atoms with van der Waals surface area (Å²) in [6.45, 7) is 0.325. The number of carbonyl (C=O) groups is 1. The fourth-order valence-electron chi connectivity index (χ4n) is 2.86.